The molecule has 1 heterocycles. The maximum absolute atomic E-state index is 5.14. The van der Waals surface area contributed by atoms with E-state index in [0.717, 1.165) is 0 Å². The standard InChI is InChI=1S/C4H10O2.C3H6N6/c1-5-3-4-6-2;4-1-7-2(5)9-3(6)8-1/h3-4H2,1-2H3;(H6,4,5,6,7,8,9). The lowest BCUT2D eigenvalue weighted by molar-refractivity contribution is 0.103. The van der Waals surface area contributed by atoms with Gasteiger partial charge in [-0.05, 0) is 0 Å². The fourth-order valence-corrected chi connectivity index (χ4v) is 0.594. The molecule has 15 heavy (non-hydrogen) atoms. The monoisotopic (exact) mass is 216 g/mol. The summed E-state index contributed by atoms with van der Waals surface area (Å²) in [6.45, 7) is 1.38. The van der Waals surface area contributed by atoms with Crippen molar-refractivity contribution in [3.05, 3.63) is 0 Å². The Morgan fingerprint density at radius 3 is 1.27 bits per heavy atom. The van der Waals surface area contributed by atoms with Crippen molar-refractivity contribution >= 4 is 17.8 Å². The van der Waals surface area contributed by atoms with Crippen LogP contribution < -0.4 is 17.2 Å². The van der Waals surface area contributed by atoms with Crippen molar-refractivity contribution < 1.29 is 9.47 Å². The van der Waals surface area contributed by atoms with Gasteiger partial charge in [0, 0.05) is 14.2 Å². The average molecular weight is 216 g/mol. The minimum absolute atomic E-state index is 0.0417. The summed E-state index contributed by atoms with van der Waals surface area (Å²) in [5.41, 5.74) is 15.4. The molecule has 0 atom stereocenters. The number of nitrogens with zero attached hydrogens (tertiary/aromatic N) is 3. The summed E-state index contributed by atoms with van der Waals surface area (Å²) in [7, 11) is 3.30. The predicted octanol–water partition coefficient (Wildman–Crippen LogP) is -1.10. The van der Waals surface area contributed by atoms with Gasteiger partial charge < -0.3 is 26.7 Å². The molecule has 0 aliphatic carbocycles. The van der Waals surface area contributed by atoms with Gasteiger partial charge in [0.15, 0.2) is 0 Å². The van der Waals surface area contributed by atoms with E-state index in [4.69, 9.17) is 17.2 Å². The van der Waals surface area contributed by atoms with Gasteiger partial charge in [-0.15, -0.1) is 0 Å². The Kier molecular flexibility index (Phi) is 6.85. The van der Waals surface area contributed by atoms with Gasteiger partial charge in [-0.2, -0.15) is 15.0 Å². The molecule has 0 saturated carbocycles. The van der Waals surface area contributed by atoms with Crippen LogP contribution in [0.25, 0.3) is 0 Å². The van der Waals surface area contributed by atoms with E-state index in [2.05, 4.69) is 24.4 Å². The largest absolute Gasteiger partial charge is 0.382 e. The van der Waals surface area contributed by atoms with Crippen LogP contribution in [0.3, 0.4) is 0 Å². The van der Waals surface area contributed by atoms with E-state index in [1.165, 1.54) is 0 Å². The first kappa shape index (κ1) is 13.3. The van der Waals surface area contributed by atoms with Crippen LogP contribution in [0.5, 0.6) is 0 Å². The van der Waals surface area contributed by atoms with Gasteiger partial charge in [0.2, 0.25) is 17.8 Å². The normalized spacial score (nSPS) is 9.20. The summed E-state index contributed by atoms with van der Waals surface area (Å²) in [5.74, 6) is 0.125. The highest BCUT2D eigenvalue weighted by molar-refractivity contribution is 5.33. The third-order valence-corrected chi connectivity index (χ3v) is 1.18. The van der Waals surface area contributed by atoms with E-state index < -0.39 is 0 Å². The summed E-state index contributed by atoms with van der Waals surface area (Å²) >= 11 is 0. The first-order valence-electron chi connectivity index (χ1n) is 4.10. The fraction of sp³-hybridized carbons (Fsp3) is 0.571. The second-order valence-corrected chi connectivity index (χ2v) is 2.40. The van der Waals surface area contributed by atoms with Crippen LogP contribution in [-0.2, 0) is 9.47 Å². The predicted molar refractivity (Wildman–Crippen MR) is 56.8 cm³/mol. The van der Waals surface area contributed by atoms with Crippen LogP contribution in [0.2, 0.25) is 0 Å². The second-order valence-electron chi connectivity index (χ2n) is 2.40. The fourth-order valence-electron chi connectivity index (χ4n) is 0.594. The molecular formula is C7H16N6O2. The molecule has 0 unspecified atom stereocenters. The SMILES string of the molecule is COCCOC.Nc1nc(N)nc(N)n1. The number of nitrogen functional groups attached to an aromatic ring is 3. The Morgan fingerprint density at radius 1 is 0.800 bits per heavy atom. The number of rotatable bonds is 3. The van der Waals surface area contributed by atoms with Crippen LogP contribution in [0.15, 0.2) is 0 Å². The Balaban J connectivity index is 0.000000288. The lowest BCUT2D eigenvalue weighted by Crippen LogP contribution is -2.05. The molecular weight excluding hydrogens is 200 g/mol. The molecule has 0 aliphatic heterocycles. The third kappa shape index (κ3) is 7.40. The van der Waals surface area contributed by atoms with Gasteiger partial charge in [-0.25, -0.2) is 0 Å². The molecule has 0 aromatic carbocycles. The summed E-state index contributed by atoms with van der Waals surface area (Å²) in [5, 5.41) is 0. The van der Waals surface area contributed by atoms with E-state index in [9.17, 15) is 0 Å². The van der Waals surface area contributed by atoms with Crippen LogP contribution in [-0.4, -0.2) is 42.4 Å². The van der Waals surface area contributed by atoms with Crippen molar-refractivity contribution in [1.29, 1.82) is 0 Å². The minimum atomic E-state index is 0.0417. The van der Waals surface area contributed by atoms with Crippen molar-refractivity contribution in [2.45, 2.75) is 0 Å². The molecule has 0 fully saturated rings. The van der Waals surface area contributed by atoms with Gasteiger partial charge in [-0.1, -0.05) is 0 Å². The van der Waals surface area contributed by atoms with Crippen LogP contribution >= 0.6 is 0 Å². The number of nitrogens with two attached hydrogens (primary N) is 3. The lowest BCUT2D eigenvalue weighted by Gasteiger charge is -1.93. The minimum Gasteiger partial charge on any atom is -0.382 e. The van der Waals surface area contributed by atoms with Gasteiger partial charge in [-0.3, -0.25) is 0 Å². The smallest absolute Gasteiger partial charge is 0.226 e. The van der Waals surface area contributed by atoms with Crippen molar-refractivity contribution in [2.75, 3.05) is 44.6 Å². The summed E-state index contributed by atoms with van der Waals surface area (Å²) in [6.07, 6.45) is 0. The number of anilines is 3. The maximum atomic E-state index is 5.14. The van der Waals surface area contributed by atoms with Gasteiger partial charge in [0.25, 0.3) is 0 Å². The van der Waals surface area contributed by atoms with E-state index in [-0.39, 0.29) is 17.8 Å². The van der Waals surface area contributed by atoms with Gasteiger partial charge in [0.05, 0.1) is 13.2 Å². The third-order valence-electron chi connectivity index (χ3n) is 1.18. The van der Waals surface area contributed by atoms with Crippen molar-refractivity contribution in [1.82, 2.24) is 15.0 Å². The van der Waals surface area contributed by atoms with Gasteiger partial charge >= 0.3 is 0 Å². The highest BCUT2D eigenvalue weighted by Crippen LogP contribution is 1.97. The molecule has 0 spiro atoms. The van der Waals surface area contributed by atoms with Crippen molar-refractivity contribution in [3.8, 4) is 0 Å². The highest BCUT2D eigenvalue weighted by Gasteiger charge is 1.93. The zero-order valence-corrected chi connectivity index (χ0v) is 8.80. The number of ether oxygens (including phenoxy) is 2. The molecule has 8 nitrogen and oxygen atoms in total. The van der Waals surface area contributed by atoms with Crippen molar-refractivity contribution in [2.24, 2.45) is 0 Å². The molecule has 6 N–H and O–H groups in total. The maximum Gasteiger partial charge on any atom is 0.226 e. The molecule has 1 aromatic rings. The number of hydrogen-bond donors (Lipinski definition) is 3. The van der Waals surface area contributed by atoms with E-state index in [1.807, 2.05) is 0 Å². The molecule has 8 heteroatoms. The lowest BCUT2D eigenvalue weighted by atomic mass is 10.8. The summed E-state index contributed by atoms with van der Waals surface area (Å²) in [4.78, 5) is 10.5. The van der Waals surface area contributed by atoms with E-state index in [1.54, 1.807) is 14.2 Å². The second kappa shape index (κ2) is 7.71. The Labute approximate surface area is 87.8 Å². The first-order chi connectivity index (χ1) is 7.10. The summed E-state index contributed by atoms with van der Waals surface area (Å²) in [6, 6.07) is 0. The van der Waals surface area contributed by atoms with E-state index >= 15 is 0 Å². The topological polar surface area (TPSA) is 135 Å². The first-order valence-corrected chi connectivity index (χ1v) is 4.10. The molecule has 0 amide bonds. The quantitative estimate of drug-likeness (QED) is 0.541. The Bertz CT molecular complexity index is 228. The average Bonchev–Trinajstić information content (AvgIpc) is 2.13. The molecule has 86 valence electrons. The Morgan fingerprint density at radius 2 is 1.07 bits per heavy atom. The number of methoxy groups -OCH3 is 2. The van der Waals surface area contributed by atoms with Gasteiger partial charge in [0.1, 0.15) is 0 Å². The molecule has 0 saturated heterocycles. The van der Waals surface area contributed by atoms with E-state index in [0.29, 0.717) is 13.2 Å². The zero-order chi connectivity index (χ0) is 11.7. The molecule has 0 bridgehead atoms. The zero-order valence-electron chi connectivity index (χ0n) is 8.80. The molecule has 1 rings (SSSR count). The van der Waals surface area contributed by atoms with Crippen LogP contribution in [0.1, 0.15) is 0 Å². The number of hydrogen-bond acceptors (Lipinski definition) is 8. The van der Waals surface area contributed by atoms with Crippen LogP contribution in [0.4, 0.5) is 17.8 Å². The van der Waals surface area contributed by atoms with Crippen molar-refractivity contribution in [3.63, 3.8) is 0 Å². The number of aromatic nitrogens is 3. The summed E-state index contributed by atoms with van der Waals surface area (Å²) < 4.78 is 9.31. The Hall–Kier alpha value is -1.67. The molecule has 1 aromatic heterocycles. The molecule has 0 aliphatic rings. The highest BCUT2D eigenvalue weighted by atomic mass is 16.5. The molecule has 0 radical (unpaired) electrons. The van der Waals surface area contributed by atoms with Crippen LogP contribution in [0, 0.1) is 0 Å².